The minimum absolute atomic E-state index is 0.237. The molecule has 0 amide bonds. The molecule has 0 aromatic rings. The van der Waals surface area contributed by atoms with Crippen LogP contribution in [0.2, 0.25) is 0 Å². The lowest BCUT2D eigenvalue weighted by atomic mass is 9.75. The molecule has 0 heterocycles. The third-order valence-corrected chi connectivity index (χ3v) is 3.18. The van der Waals surface area contributed by atoms with Gasteiger partial charge >= 0.3 is 0 Å². The third-order valence-electron chi connectivity index (χ3n) is 3.18. The second kappa shape index (κ2) is 7.50. The van der Waals surface area contributed by atoms with E-state index in [-0.39, 0.29) is 5.41 Å². The summed E-state index contributed by atoms with van der Waals surface area (Å²) >= 11 is 0. The molecule has 1 rings (SSSR count). The largest absolute Gasteiger partial charge is 0.501 e. The highest BCUT2D eigenvalue weighted by Gasteiger charge is 2.32. The summed E-state index contributed by atoms with van der Waals surface area (Å²) in [5, 5.41) is 0. The van der Waals surface area contributed by atoms with Crippen molar-refractivity contribution in [3.63, 3.8) is 0 Å². The molecule has 0 saturated heterocycles. The van der Waals surface area contributed by atoms with Gasteiger partial charge in [0.2, 0.25) is 0 Å². The zero-order valence-corrected chi connectivity index (χ0v) is 10.4. The van der Waals surface area contributed by atoms with Crippen LogP contribution in [-0.4, -0.2) is 19.8 Å². The topological polar surface area (TPSA) is 18.5 Å². The van der Waals surface area contributed by atoms with E-state index in [1.807, 2.05) is 19.1 Å². The quantitative estimate of drug-likeness (QED) is 0.373. The van der Waals surface area contributed by atoms with Crippen molar-refractivity contribution >= 4 is 0 Å². The summed E-state index contributed by atoms with van der Waals surface area (Å²) in [7, 11) is 0. The van der Waals surface area contributed by atoms with E-state index < -0.39 is 0 Å². The molecule has 0 N–H and O–H groups in total. The minimum atomic E-state index is 0.237. The maximum atomic E-state index is 5.63. The molecule has 0 spiro atoms. The van der Waals surface area contributed by atoms with E-state index in [0.717, 1.165) is 13.2 Å². The first-order chi connectivity index (χ1) is 7.83. The predicted molar refractivity (Wildman–Crippen MR) is 67.3 cm³/mol. The number of allylic oxidation sites excluding steroid dienone is 1. The Balaban J connectivity index is 2.42. The van der Waals surface area contributed by atoms with Crippen LogP contribution in [0, 0.1) is 5.41 Å². The Kier molecular flexibility index (Phi) is 6.24. The number of hydrogen-bond acceptors (Lipinski definition) is 2. The second-order valence-corrected chi connectivity index (χ2v) is 4.64. The molecule has 0 aromatic carbocycles. The van der Waals surface area contributed by atoms with Crippen molar-refractivity contribution in [2.45, 2.75) is 39.0 Å². The first-order valence-electron chi connectivity index (χ1n) is 6.24. The monoisotopic (exact) mass is 224 g/mol. The van der Waals surface area contributed by atoms with Crippen LogP contribution in [0.1, 0.15) is 39.0 Å². The summed E-state index contributed by atoms with van der Waals surface area (Å²) in [4.78, 5) is 0. The minimum Gasteiger partial charge on any atom is -0.501 e. The van der Waals surface area contributed by atoms with E-state index in [1.165, 1.54) is 32.1 Å². The maximum Gasteiger partial charge on any atom is 0.0951 e. The summed E-state index contributed by atoms with van der Waals surface area (Å²) in [6, 6.07) is 0. The van der Waals surface area contributed by atoms with Gasteiger partial charge in [-0.25, -0.2) is 0 Å². The summed E-state index contributed by atoms with van der Waals surface area (Å²) in [5.74, 6) is 0. The van der Waals surface area contributed by atoms with E-state index in [1.54, 1.807) is 6.26 Å². The molecule has 0 aromatic heterocycles. The van der Waals surface area contributed by atoms with E-state index in [0.29, 0.717) is 6.61 Å². The van der Waals surface area contributed by atoms with Crippen molar-refractivity contribution in [3.8, 4) is 0 Å². The molecule has 0 aliphatic heterocycles. The Morgan fingerprint density at radius 3 is 2.56 bits per heavy atom. The second-order valence-electron chi connectivity index (χ2n) is 4.64. The average molecular weight is 224 g/mol. The van der Waals surface area contributed by atoms with Gasteiger partial charge in [0.1, 0.15) is 0 Å². The van der Waals surface area contributed by atoms with Gasteiger partial charge in [-0.2, -0.15) is 0 Å². The first kappa shape index (κ1) is 13.3. The van der Waals surface area contributed by atoms with Crippen molar-refractivity contribution < 1.29 is 9.47 Å². The zero-order chi connectivity index (χ0) is 11.7. The van der Waals surface area contributed by atoms with Gasteiger partial charge in [0.25, 0.3) is 0 Å². The molecule has 0 radical (unpaired) electrons. The van der Waals surface area contributed by atoms with Crippen molar-refractivity contribution in [2.24, 2.45) is 5.41 Å². The van der Waals surface area contributed by atoms with Crippen molar-refractivity contribution in [1.82, 2.24) is 0 Å². The maximum absolute atomic E-state index is 5.63. The fourth-order valence-corrected chi connectivity index (χ4v) is 2.31. The average Bonchev–Trinajstić information content (AvgIpc) is 2.31. The van der Waals surface area contributed by atoms with Gasteiger partial charge in [-0.3, -0.25) is 0 Å². The molecule has 0 atom stereocenters. The van der Waals surface area contributed by atoms with Crippen LogP contribution < -0.4 is 0 Å². The number of hydrogen-bond donors (Lipinski definition) is 0. The molecule has 2 nitrogen and oxygen atoms in total. The summed E-state index contributed by atoms with van der Waals surface area (Å²) in [6.07, 6.45) is 11.9. The van der Waals surface area contributed by atoms with Crippen molar-refractivity contribution in [3.05, 3.63) is 25.0 Å². The lowest BCUT2D eigenvalue weighted by molar-refractivity contribution is -0.0124. The normalized spacial score (nSPS) is 19.8. The van der Waals surface area contributed by atoms with Crippen molar-refractivity contribution in [2.75, 3.05) is 19.8 Å². The van der Waals surface area contributed by atoms with Crippen LogP contribution in [0.25, 0.3) is 0 Å². The van der Waals surface area contributed by atoms with Crippen LogP contribution in [-0.2, 0) is 9.47 Å². The zero-order valence-electron chi connectivity index (χ0n) is 10.4. The van der Waals surface area contributed by atoms with Gasteiger partial charge in [-0.1, -0.05) is 31.4 Å². The van der Waals surface area contributed by atoms with Gasteiger partial charge in [0.05, 0.1) is 26.1 Å². The van der Waals surface area contributed by atoms with E-state index in [4.69, 9.17) is 9.47 Å². The Morgan fingerprint density at radius 1 is 1.19 bits per heavy atom. The van der Waals surface area contributed by atoms with Gasteiger partial charge in [0, 0.05) is 5.41 Å². The van der Waals surface area contributed by atoms with Crippen LogP contribution in [0.15, 0.2) is 25.0 Å². The molecule has 0 bridgehead atoms. The summed E-state index contributed by atoms with van der Waals surface area (Å²) in [5.41, 5.74) is 0.237. The Labute approximate surface area is 99.3 Å². The highest BCUT2D eigenvalue weighted by molar-refractivity contribution is 4.84. The molecule has 1 aliphatic rings. The predicted octanol–water partition coefficient (Wildman–Crippen LogP) is 3.69. The fourth-order valence-electron chi connectivity index (χ4n) is 2.31. The van der Waals surface area contributed by atoms with Gasteiger partial charge in [-0.05, 0) is 19.8 Å². The SMILES string of the molecule is C=CCOCC1(COC=CC)CCCCC1. The van der Waals surface area contributed by atoms with Gasteiger partial charge in [-0.15, -0.1) is 6.58 Å². The number of ether oxygens (including phenoxy) is 2. The Morgan fingerprint density at radius 2 is 1.94 bits per heavy atom. The Hall–Kier alpha value is -0.760. The highest BCUT2D eigenvalue weighted by Crippen LogP contribution is 2.36. The van der Waals surface area contributed by atoms with E-state index in [2.05, 4.69) is 6.58 Å². The van der Waals surface area contributed by atoms with Crippen LogP contribution >= 0.6 is 0 Å². The molecule has 1 saturated carbocycles. The van der Waals surface area contributed by atoms with Crippen LogP contribution in [0.5, 0.6) is 0 Å². The molecule has 92 valence electrons. The van der Waals surface area contributed by atoms with E-state index in [9.17, 15) is 0 Å². The number of rotatable bonds is 7. The molecule has 2 heteroatoms. The molecular formula is C14H24O2. The van der Waals surface area contributed by atoms with E-state index >= 15 is 0 Å². The van der Waals surface area contributed by atoms with Gasteiger partial charge in [0.15, 0.2) is 0 Å². The standard InChI is InChI=1S/C14H24O2/c1-3-10-15-12-14(13-16-11-4-2)8-6-5-7-9-14/h3-4,11H,1,5-10,12-13H2,2H3. The lowest BCUT2D eigenvalue weighted by Crippen LogP contribution is -2.34. The highest BCUT2D eigenvalue weighted by atomic mass is 16.5. The van der Waals surface area contributed by atoms with Crippen molar-refractivity contribution in [1.29, 1.82) is 0 Å². The third kappa shape index (κ3) is 4.40. The van der Waals surface area contributed by atoms with Crippen LogP contribution in [0.3, 0.4) is 0 Å². The lowest BCUT2D eigenvalue weighted by Gasteiger charge is -2.36. The molecule has 1 fully saturated rings. The Bertz CT molecular complexity index is 215. The van der Waals surface area contributed by atoms with Crippen LogP contribution in [0.4, 0.5) is 0 Å². The molecule has 16 heavy (non-hydrogen) atoms. The summed E-state index contributed by atoms with van der Waals surface area (Å²) < 4.78 is 11.2. The molecular weight excluding hydrogens is 200 g/mol. The molecule has 1 aliphatic carbocycles. The first-order valence-corrected chi connectivity index (χ1v) is 6.24. The molecule has 0 unspecified atom stereocenters. The summed E-state index contributed by atoms with van der Waals surface area (Å²) in [6.45, 7) is 7.88. The smallest absolute Gasteiger partial charge is 0.0951 e. The fraction of sp³-hybridized carbons (Fsp3) is 0.714. The van der Waals surface area contributed by atoms with Gasteiger partial charge < -0.3 is 9.47 Å².